The van der Waals surface area contributed by atoms with Crippen LogP contribution in [0.2, 0.25) is 0 Å². The number of ether oxygens (including phenoxy) is 2. The molecule has 9 nitrogen and oxygen atoms in total. The van der Waals surface area contributed by atoms with Crippen LogP contribution in [0.3, 0.4) is 0 Å². The molecule has 1 aromatic rings. The van der Waals surface area contributed by atoms with Gasteiger partial charge in [0.05, 0.1) is 24.2 Å². The average Bonchev–Trinajstić information content (AvgIpc) is 2.81. The van der Waals surface area contributed by atoms with E-state index in [0.717, 1.165) is 0 Å². The molecule has 28 heavy (non-hydrogen) atoms. The van der Waals surface area contributed by atoms with Crippen molar-refractivity contribution in [2.24, 2.45) is 0 Å². The summed E-state index contributed by atoms with van der Waals surface area (Å²) in [6.07, 6.45) is -0.00519. The normalized spacial score (nSPS) is 16.8. The first-order valence-corrected chi connectivity index (χ1v) is 10.2. The number of carbonyl (C=O) groups is 2. The van der Waals surface area contributed by atoms with Gasteiger partial charge >= 0.3 is 12.1 Å². The van der Waals surface area contributed by atoms with Gasteiger partial charge in [-0.2, -0.15) is 8.42 Å². The van der Waals surface area contributed by atoms with Crippen molar-refractivity contribution in [3.63, 3.8) is 0 Å². The monoisotopic (exact) mass is 420 g/mol. The van der Waals surface area contributed by atoms with Gasteiger partial charge in [-0.15, -0.1) is 0 Å². The first-order chi connectivity index (χ1) is 12.7. The van der Waals surface area contributed by atoms with Crippen LogP contribution in [0.5, 0.6) is 0 Å². The highest BCUT2D eigenvalue weighted by Crippen LogP contribution is 2.25. The predicted molar refractivity (Wildman–Crippen MR) is 101 cm³/mol. The molecule has 158 valence electrons. The highest BCUT2D eigenvalue weighted by Gasteiger charge is 2.29. The van der Waals surface area contributed by atoms with Crippen LogP contribution in [-0.4, -0.2) is 56.1 Å². The smallest absolute Gasteiger partial charge is 0.414 e. The van der Waals surface area contributed by atoms with Gasteiger partial charge in [-0.25, -0.2) is 9.18 Å². The molecule has 1 heterocycles. The molecule has 0 bridgehead atoms. The third-order valence-electron chi connectivity index (χ3n) is 3.07. The first kappa shape index (κ1) is 23.6. The highest BCUT2D eigenvalue weighted by atomic mass is 32.2. The molecule has 0 radical (unpaired) electrons. The molecular weight excluding hydrogens is 395 g/mol. The van der Waals surface area contributed by atoms with Gasteiger partial charge in [0.1, 0.15) is 24.1 Å². The Bertz CT molecular complexity index is 813. The van der Waals surface area contributed by atoms with E-state index in [4.69, 9.17) is 14.0 Å². The minimum absolute atomic E-state index is 0.143. The third-order valence-corrected chi connectivity index (χ3v) is 3.07. The molecule has 0 aromatic heterocycles. The van der Waals surface area contributed by atoms with Crippen molar-refractivity contribution in [3.05, 3.63) is 24.0 Å². The predicted octanol–water partition coefficient (Wildman–Crippen LogP) is 2.43. The van der Waals surface area contributed by atoms with E-state index in [1.807, 2.05) is 0 Å². The number of benzene rings is 1. The Balaban J connectivity index is 0.000000696. The van der Waals surface area contributed by atoms with Crippen molar-refractivity contribution >= 4 is 33.6 Å². The zero-order valence-electron chi connectivity index (χ0n) is 16.4. The van der Waals surface area contributed by atoms with Gasteiger partial charge in [0.2, 0.25) is 0 Å². The number of esters is 1. The summed E-state index contributed by atoms with van der Waals surface area (Å²) in [5.41, 5.74) is -0.00608. The van der Waals surface area contributed by atoms with Crippen LogP contribution in [0.1, 0.15) is 27.7 Å². The maximum Gasteiger partial charge on any atom is 0.414 e. The molecule has 0 saturated carbocycles. The number of cyclic esters (lactones) is 1. The Hall–Kier alpha value is -2.40. The van der Waals surface area contributed by atoms with Crippen LogP contribution >= 0.6 is 0 Å². The summed E-state index contributed by atoms with van der Waals surface area (Å²) in [4.78, 5) is 24.6. The Labute approximate surface area is 163 Å². The number of carbonyl (C=O) groups excluding carboxylic acids is 2. The van der Waals surface area contributed by atoms with Crippen LogP contribution in [0.4, 0.5) is 20.6 Å². The largest absolute Gasteiger partial charge is 0.459 e. The van der Waals surface area contributed by atoms with Gasteiger partial charge in [0.15, 0.2) is 0 Å². The number of halogens is 1. The van der Waals surface area contributed by atoms with Crippen LogP contribution in [-0.2, 0) is 24.4 Å². The minimum Gasteiger partial charge on any atom is -0.459 e. The second-order valence-electron chi connectivity index (χ2n) is 7.14. The van der Waals surface area contributed by atoms with Crippen LogP contribution in [0.25, 0.3) is 0 Å². The highest BCUT2D eigenvalue weighted by molar-refractivity contribution is 7.85. The van der Waals surface area contributed by atoms with Crippen molar-refractivity contribution in [2.75, 3.05) is 29.6 Å². The maximum atomic E-state index is 14.1. The van der Waals surface area contributed by atoms with Crippen molar-refractivity contribution in [1.29, 1.82) is 0 Å². The molecule has 1 fully saturated rings. The molecule has 0 aliphatic carbocycles. The van der Waals surface area contributed by atoms with Gasteiger partial charge in [-0.05, 0) is 45.9 Å². The molecule has 2 rings (SSSR count). The van der Waals surface area contributed by atoms with E-state index in [-0.39, 0.29) is 18.3 Å². The molecule has 0 unspecified atom stereocenters. The molecule has 2 N–H and O–H groups in total. The van der Waals surface area contributed by atoms with Crippen LogP contribution < -0.4 is 10.2 Å². The van der Waals surface area contributed by atoms with E-state index in [0.29, 0.717) is 18.5 Å². The lowest BCUT2D eigenvalue weighted by molar-refractivity contribution is -0.152. The number of rotatable bonds is 4. The van der Waals surface area contributed by atoms with Crippen molar-refractivity contribution in [3.8, 4) is 0 Å². The zero-order valence-corrected chi connectivity index (χ0v) is 17.2. The number of amides is 1. The topological polar surface area (TPSA) is 122 Å². The Morgan fingerprint density at radius 2 is 2.00 bits per heavy atom. The Kier molecular flexibility index (Phi) is 7.76. The molecule has 11 heteroatoms. The standard InChI is InChI=1S/C16H21FN2O4.CH4O3S/c1-10-9-19(15(21)22-10)11-5-6-13(12(17)7-11)18-8-14(20)23-16(2,3)4;1-5(2,3)4/h5-7,10,18H,8-9H2,1-4H3;1H3,(H,2,3,4)/t10-;/m0./s1. The molecular formula is C17H25FN2O7S. The van der Waals surface area contributed by atoms with Gasteiger partial charge in [-0.3, -0.25) is 14.2 Å². The van der Waals surface area contributed by atoms with E-state index in [1.165, 1.54) is 17.0 Å². The lowest BCUT2D eigenvalue weighted by Crippen LogP contribution is -2.28. The second kappa shape index (κ2) is 9.20. The van der Waals surface area contributed by atoms with E-state index in [2.05, 4.69) is 5.32 Å². The lowest BCUT2D eigenvalue weighted by Gasteiger charge is -2.20. The second-order valence-corrected chi connectivity index (χ2v) is 8.61. The van der Waals surface area contributed by atoms with E-state index >= 15 is 0 Å². The third kappa shape index (κ3) is 9.00. The summed E-state index contributed by atoms with van der Waals surface area (Å²) >= 11 is 0. The van der Waals surface area contributed by atoms with Gasteiger partial charge in [-0.1, -0.05) is 0 Å². The fourth-order valence-electron chi connectivity index (χ4n) is 2.18. The van der Waals surface area contributed by atoms with Gasteiger partial charge in [0.25, 0.3) is 10.1 Å². The van der Waals surface area contributed by atoms with Crippen LogP contribution in [0, 0.1) is 5.82 Å². The molecule has 1 aliphatic heterocycles. The quantitative estimate of drug-likeness (QED) is 0.562. The van der Waals surface area contributed by atoms with Gasteiger partial charge in [0, 0.05) is 0 Å². The summed E-state index contributed by atoms with van der Waals surface area (Å²) in [5, 5.41) is 2.69. The fraction of sp³-hybridized carbons (Fsp3) is 0.529. The Morgan fingerprint density at radius 3 is 2.43 bits per heavy atom. The average molecular weight is 420 g/mol. The van der Waals surface area contributed by atoms with E-state index < -0.39 is 33.6 Å². The van der Waals surface area contributed by atoms with Crippen LogP contribution in [0.15, 0.2) is 18.2 Å². The van der Waals surface area contributed by atoms with Crippen molar-refractivity contribution in [1.82, 2.24) is 0 Å². The number of nitrogens with one attached hydrogen (secondary N) is 1. The zero-order chi connectivity index (χ0) is 21.7. The summed E-state index contributed by atoms with van der Waals surface area (Å²) in [7, 11) is -3.67. The number of hydrogen-bond donors (Lipinski definition) is 2. The number of nitrogens with zero attached hydrogens (tertiary/aromatic N) is 1. The Morgan fingerprint density at radius 1 is 1.43 bits per heavy atom. The number of anilines is 2. The molecule has 1 atom stereocenters. The van der Waals surface area contributed by atoms with E-state index in [1.54, 1.807) is 33.8 Å². The minimum atomic E-state index is -3.67. The molecule has 1 amide bonds. The van der Waals surface area contributed by atoms with Gasteiger partial charge < -0.3 is 14.8 Å². The summed E-state index contributed by atoms with van der Waals surface area (Å²) in [5.74, 6) is -1.03. The van der Waals surface area contributed by atoms with E-state index in [9.17, 15) is 22.4 Å². The molecule has 1 aliphatic rings. The summed E-state index contributed by atoms with van der Waals surface area (Å²) < 4.78 is 50.1. The summed E-state index contributed by atoms with van der Waals surface area (Å²) in [6, 6.07) is 4.31. The van der Waals surface area contributed by atoms with Crippen molar-refractivity contribution in [2.45, 2.75) is 39.4 Å². The fourth-order valence-corrected chi connectivity index (χ4v) is 2.18. The molecule has 1 aromatic carbocycles. The molecule has 1 saturated heterocycles. The van der Waals surface area contributed by atoms with Crippen molar-refractivity contribution < 1.29 is 36.4 Å². The SMILES string of the molecule is CS(=O)(=O)O.C[C@H]1CN(c2ccc(NCC(=O)OC(C)(C)C)c(F)c2)C(=O)O1. The lowest BCUT2D eigenvalue weighted by atomic mass is 10.2. The first-order valence-electron chi connectivity index (χ1n) is 8.31. The number of hydrogen-bond acceptors (Lipinski definition) is 7. The molecule has 0 spiro atoms. The summed E-state index contributed by atoms with van der Waals surface area (Å²) in [6.45, 7) is 7.29. The maximum absolute atomic E-state index is 14.1.